The van der Waals surface area contributed by atoms with Crippen molar-refractivity contribution in [3.8, 4) is 0 Å². The van der Waals surface area contributed by atoms with Crippen molar-refractivity contribution in [2.45, 2.75) is 26.7 Å². The molecule has 3 heteroatoms. The third-order valence-electron chi connectivity index (χ3n) is 0.697. The van der Waals surface area contributed by atoms with Crippen LogP contribution in [0.2, 0.25) is 0 Å². The number of ether oxygens (including phenoxy) is 1. The monoisotopic (exact) mass is 150 g/mol. The van der Waals surface area contributed by atoms with E-state index >= 15 is 0 Å². The van der Waals surface area contributed by atoms with Crippen LogP contribution < -0.4 is 0 Å². The summed E-state index contributed by atoms with van der Waals surface area (Å²) < 4.78 is 5.13. The van der Waals surface area contributed by atoms with Gasteiger partial charge >= 0.3 is 59.1 Å². The summed E-state index contributed by atoms with van der Waals surface area (Å²) in [7, 11) is 0. The van der Waals surface area contributed by atoms with E-state index in [1.54, 1.807) is 0 Å². The zero-order valence-corrected chi connectivity index (χ0v) is 5.24. The molecule has 0 fully saturated rings. The molecule has 1 nitrogen and oxygen atoms in total. The maximum absolute atomic E-state index is 5.13. The quantitative estimate of drug-likeness (QED) is 0.419. The van der Waals surface area contributed by atoms with Gasteiger partial charge in [-0.05, 0) is 12.8 Å². The zero-order chi connectivity index (χ0) is 5.54. The molecule has 0 aliphatic heterocycles. The van der Waals surface area contributed by atoms with Gasteiger partial charge < -0.3 is 4.74 Å². The Hall–Kier alpha value is 1.96. The molecule has 0 radical (unpaired) electrons. The summed E-state index contributed by atoms with van der Waals surface area (Å²) in [5, 5.41) is 0. The zero-order valence-electron chi connectivity index (χ0n) is 5.24. The average Bonchev–Trinajstić information content (AvgIpc) is 1.69. The van der Waals surface area contributed by atoms with Gasteiger partial charge in [-0.1, -0.05) is 13.8 Å². The van der Waals surface area contributed by atoms with Gasteiger partial charge in [0.1, 0.15) is 0 Å². The molecule has 0 atom stereocenters. The van der Waals surface area contributed by atoms with Crippen LogP contribution in [0.3, 0.4) is 0 Å². The molecule has 48 valence electrons. The third kappa shape index (κ3) is 17.8. The fourth-order valence-corrected chi connectivity index (χ4v) is 0.391. The summed E-state index contributed by atoms with van der Waals surface area (Å²) in [6, 6.07) is 0. The Morgan fingerprint density at radius 3 is 1.44 bits per heavy atom. The first-order chi connectivity index (χ1) is 3.41. The molecule has 0 aromatic carbocycles. The van der Waals surface area contributed by atoms with Crippen molar-refractivity contribution in [2.24, 2.45) is 0 Å². The molecule has 0 heterocycles. The van der Waals surface area contributed by atoms with E-state index in [1.807, 2.05) is 0 Å². The molecule has 0 saturated heterocycles. The third-order valence-corrected chi connectivity index (χ3v) is 0.697. The molecule has 0 aliphatic rings. The summed E-state index contributed by atoms with van der Waals surface area (Å²) >= 11 is 0. The molecule has 0 aliphatic carbocycles. The molecule has 0 saturated carbocycles. The van der Waals surface area contributed by atoms with Crippen molar-refractivity contribution >= 4 is 59.1 Å². The second-order valence-electron chi connectivity index (χ2n) is 1.61. The summed E-state index contributed by atoms with van der Waals surface area (Å²) in [6.45, 7) is 6.09. The van der Waals surface area contributed by atoms with Gasteiger partial charge in [0.05, 0.1) is 0 Å². The predicted octanol–water partition coefficient (Wildman–Crippen LogP) is 0.526. The molecule has 0 N–H and O–H groups in total. The summed E-state index contributed by atoms with van der Waals surface area (Å²) in [5.74, 6) is 0. The normalized spacial score (nSPS) is 7.33. The van der Waals surface area contributed by atoms with Crippen LogP contribution in [0.25, 0.3) is 0 Å². The van der Waals surface area contributed by atoms with Gasteiger partial charge in [0.15, 0.2) is 0 Å². The van der Waals surface area contributed by atoms with Gasteiger partial charge in [-0.15, -0.1) is 0 Å². The first-order valence-electron chi connectivity index (χ1n) is 2.99. The van der Waals surface area contributed by atoms with E-state index in [0.717, 1.165) is 26.1 Å². The van der Waals surface area contributed by atoms with E-state index in [2.05, 4.69) is 13.8 Å². The Kier molecular flexibility index (Phi) is 31.5. The van der Waals surface area contributed by atoms with Gasteiger partial charge in [-0.2, -0.15) is 0 Å². The van der Waals surface area contributed by atoms with Crippen LogP contribution in [0.4, 0.5) is 0 Å². The van der Waals surface area contributed by atoms with Crippen LogP contribution in [0, 0.1) is 0 Å². The summed E-state index contributed by atoms with van der Waals surface area (Å²) in [4.78, 5) is 0. The van der Waals surface area contributed by atoms with Crippen LogP contribution in [0.15, 0.2) is 0 Å². The number of hydrogen-bond acceptors (Lipinski definition) is 1. The molecule has 0 bridgehead atoms. The van der Waals surface area contributed by atoms with Gasteiger partial charge in [0.2, 0.25) is 0 Å². The van der Waals surface area contributed by atoms with E-state index < -0.39 is 0 Å². The van der Waals surface area contributed by atoms with Crippen LogP contribution in [-0.4, -0.2) is 72.3 Å². The maximum atomic E-state index is 5.13. The molecule has 0 unspecified atom stereocenters. The summed E-state index contributed by atoms with van der Waals surface area (Å²) in [6.07, 6.45) is 2.28. The van der Waals surface area contributed by atoms with Crippen molar-refractivity contribution < 1.29 is 4.74 Å². The number of hydrogen-bond donors (Lipinski definition) is 0. The van der Waals surface area contributed by atoms with E-state index in [4.69, 9.17) is 4.74 Å². The topological polar surface area (TPSA) is 9.23 Å². The first kappa shape index (κ1) is 17.2. The fraction of sp³-hybridized carbons (Fsp3) is 1.00. The molecule has 0 aromatic rings. The second-order valence-corrected chi connectivity index (χ2v) is 1.61. The van der Waals surface area contributed by atoms with Crippen molar-refractivity contribution in [3.63, 3.8) is 0 Å². The van der Waals surface area contributed by atoms with Gasteiger partial charge in [0, 0.05) is 13.2 Å². The van der Waals surface area contributed by atoms with E-state index in [1.165, 1.54) is 0 Å². The van der Waals surface area contributed by atoms with Crippen molar-refractivity contribution in [3.05, 3.63) is 0 Å². The van der Waals surface area contributed by atoms with E-state index in [0.29, 0.717) is 0 Å². The molecular weight excluding hydrogens is 134 g/mol. The predicted molar refractivity (Wildman–Crippen MR) is 45.7 cm³/mol. The van der Waals surface area contributed by atoms with Gasteiger partial charge in [-0.25, -0.2) is 0 Å². The first-order valence-corrected chi connectivity index (χ1v) is 2.99. The Morgan fingerprint density at radius 2 is 1.22 bits per heavy atom. The number of rotatable bonds is 4. The Bertz CT molecular complexity index is 30.2. The average molecular weight is 150 g/mol. The Balaban J connectivity index is -0.000000180. The fourth-order valence-electron chi connectivity index (χ4n) is 0.391. The molecule has 9 heavy (non-hydrogen) atoms. The van der Waals surface area contributed by atoms with Gasteiger partial charge in [-0.3, -0.25) is 0 Å². The van der Waals surface area contributed by atoms with Crippen molar-refractivity contribution in [1.82, 2.24) is 0 Å². The molecule has 0 rings (SSSR count). The van der Waals surface area contributed by atoms with E-state index in [9.17, 15) is 0 Å². The Morgan fingerprint density at radius 1 is 0.889 bits per heavy atom. The van der Waals surface area contributed by atoms with Crippen molar-refractivity contribution in [2.75, 3.05) is 13.2 Å². The summed E-state index contributed by atoms with van der Waals surface area (Å²) in [5.41, 5.74) is 0. The van der Waals surface area contributed by atoms with Gasteiger partial charge in [0.25, 0.3) is 0 Å². The van der Waals surface area contributed by atoms with Crippen LogP contribution in [0.1, 0.15) is 26.7 Å². The van der Waals surface area contributed by atoms with E-state index in [-0.39, 0.29) is 59.1 Å². The SMILES string of the molecule is CCCOCCC.[NaH].[NaH]. The molecule has 0 aromatic heterocycles. The molecule has 0 amide bonds. The van der Waals surface area contributed by atoms with Crippen molar-refractivity contribution in [1.29, 1.82) is 0 Å². The molecular formula is C6H16Na2O. The Labute approximate surface area is 103 Å². The second kappa shape index (κ2) is 16.5. The standard InChI is InChI=1S/C6H14O.2Na.2H/c1-3-5-7-6-4-2;;;;/h3-6H2,1-2H3;;;;. The van der Waals surface area contributed by atoms with Crippen LogP contribution in [-0.2, 0) is 4.74 Å². The minimum atomic E-state index is 0. The van der Waals surface area contributed by atoms with Crippen LogP contribution >= 0.6 is 0 Å². The molecule has 0 spiro atoms. The van der Waals surface area contributed by atoms with Crippen LogP contribution in [0.5, 0.6) is 0 Å². The minimum absolute atomic E-state index is 0.